The highest BCUT2D eigenvalue weighted by molar-refractivity contribution is 6.17. The molecule has 1 fully saturated rings. The molecule has 0 heterocycles. The van der Waals surface area contributed by atoms with Gasteiger partial charge in [-0.25, -0.2) is 0 Å². The van der Waals surface area contributed by atoms with E-state index in [-0.39, 0.29) is 0 Å². The minimum absolute atomic E-state index is 0.503. The van der Waals surface area contributed by atoms with Gasteiger partial charge in [0.25, 0.3) is 0 Å². The molecular formula is C16H23ClO2. The van der Waals surface area contributed by atoms with E-state index in [4.69, 9.17) is 21.1 Å². The zero-order valence-electron chi connectivity index (χ0n) is 11.7. The third kappa shape index (κ3) is 4.31. The van der Waals surface area contributed by atoms with E-state index in [1.807, 2.05) is 18.2 Å². The van der Waals surface area contributed by atoms with Gasteiger partial charge in [0.2, 0.25) is 0 Å². The molecule has 3 heteroatoms. The van der Waals surface area contributed by atoms with Crippen molar-refractivity contribution in [2.75, 3.05) is 13.7 Å². The van der Waals surface area contributed by atoms with Gasteiger partial charge in [-0.2, -0.15) is 0 Å². The minimum Gasteiger partial charge on any atom is -0.493 e. The molecule has 0 N–H and O–H groups in total. The molecular weight excluding hydrogens is 260 g/mol. The average Bonchev–Trinajstić information content (AvgIpc) is 2.48. The highest BCUT2D eigenvalue weighted by atomic mass is 35.5. The summed E-state index contributed by atoms with van der Waals surface area (Å²) in [4.78, 5) is 0. The normalized spacial score (nSPS) is 16.3. The van der Waals surface area contributed by atoms with Crippen LogP contribution < -0.4 is 9.47 Å². The van der Waals surface area contributed by atoms with Crippen LogP contribution in [0.15, 0.2) is 18.2 Å². The molecule has 0 bridgehead atoms. The molecule has 106 valence electrons. The quantitative estimate of drug-likeness (QED) is 0.699. The van der Waals surface area contributed by atoms with Crippen LogP contribution in [0.2, 0.25) is 0 Å². The van der Waals surface area contributed by atoms with Crippen LogP contribution in [0.1, 0.15) is 44.1 Å². The second-order valence-electron chi connectivity index (χ2n) is 5.26. The molecule has 0 saturated heterocycles. The van der Waals surface area contributed by atoms with Crippen LogP contribution in [0.3, 0.4) is 0 Å². The predicted molar refractivity (Wildman–Crippen MR) is 79.2 cm³/mol. The maximum atomic E-state index is 5.89. The lowest BCUT2D eigenvalue weighted by Crippen LogP contribution is -2.11. The molecule has 0 aliphatic heterocycles. The van der Waals surface area contributed by atoms with Gasteiger partial charge in [0.05, 0.1) is 13.7 Å². The summed E-state index contributed by atoms with van der Waals surface area (Å²) in [6.45, 7) is 0.771. The molecule has 2 nitrogen and oxygen atoms in total. The maximum Gasteiger partial charge on any atom is 0.161 e. The Bertz CT molecular complexity index is 386. The fraction of sp³-hybridized carbons (Fsp3) is 0.625. The predicted octanol–water partition coefficient (Wildman–Crippen LogP) is 4.78. The summed E-state index contributed by atoms with van der Waals surface area (Å²) in [6.07, 6.45) is 8.05. The summed E-state index contributed by atoms with van der Waals surface area (Å²) in [5.74, 6) is 2.95. The summed E-state index contributed by atoms with van der Waals surface area (Å²) in [5.41, 5.74) is 1.06. The van der Waals surface area contributed by atoms with Crippen LogP contribution in [-0.2, 0) is 5.88 Å². The first kappa shape index (κ1) is 14.5. The summed E-state index contributed by atoms with van der Waals surface area (Å²) >= 11 is 5.85. The highest BCUT2D eigenvalue weighted by Crippen LogP contribution is 2.30. The van der Waals surface area contributed by atoms with E-state index in [1.165, 1.54) is 32.1 Å². The van der Waals surface area contributed by atoms with Gasteiger partial charge >= 0.3 is 0 Å². The second kappa shape index (κ2) is 7.64. The Morgan fingerprint density at radius 1 is 1.16 bits per heavy atom. The van der Waals surface area contributed by atoms with E-state index in [0.717, 1.165) is 36.0 Å². The zero-order chi connectivity index (χ0) is 13.5. The Balaban J connectivity index is 1.86. The summed E-state index contributed by atoms with van der Waals surface area (Å²) in [5, 5.41) is 0. The maximum absolute atomic E-state index is 5.89. The smallest absolute Gasteiger partial charge is 0.161 e. The lowest BCUT2D eigenvalue weighted by Gasteiger charge is -2.21. The van der Waals surface area contributed by atoms with Crippen molar-refractivity contribution in [1.29, 1.82) is 0 Å². The van der Waals surface area contributed by atoms with Crippen LogP contribution in [0, 0.1) is 5.92 Å². The number of methoxy groups -OCH3 is 1. The molecule has 0 unspecified atom stereocenters. The molecule has 0 aromatic heterocycles. The molecule has 19 heavy (non-hydrogen) atoms. The second-order valence-corrected chi connectivity index (χ2v) is 5.53. The van der Waals surface area contributed by atoms with Gasteiger partial charge in [-0.05, 0) is 30.0 Å². The monoisotopic (exact) mass is 282 g/mol. The molecule has 1 aliphatic rings. The van der Waals surface area contributed by atoms with E-state index in [0.29, 0.717) is 5.88 Å². The standard InChI is InChI=1S/C16H23ClO2/c1-18-15-8-7-14(12-17)11-16(15)19-10-9-13-5-3-2-4-6-13/h7-8,11,13H,2-6,9-10,12H2,1H3. The third-order valence-corrected chi connectivity index (χ3v) is 4.20. The van der Waals surface area contributed by atoms with Crippen molar-refractivity contribution in [1.82, 2.24) is 0 Å². The SMILES string of the molecule is COc1ccc(CCl)cc1OCCC1CCCCC1. The van der Waals surface area contributed by atoms with Crippen molar-refractivity contribution < 1.29 is 9.47 Å². The molecule has 1 aliphatic carbocycles. The van der Waals surface area contributed by atoms with E-state index in [9.17, 15) is 0 Å². The van der Waals surface area contributed by atoms with Crippen molar-refractivity contribution in [2.45, 2.75) is 44.4 Å². The van der Waals surface area contributed by atoms with Crippen molar-refractivity contribution in [2.24, 2.45) is 5.92 Å². The zero-order valence-corrected chi connectivity index (χ0v) is 12.4. The molecule has 1 saturated carbocycles. The fourth-order valence-corrected chi connectivity index (χ4v) is 2.89. The number of hydrogen-bond acceptors (Lipinski definition) is 2. The first-order valence-corrected chi connectivity index (χ1v) is 7.72. The van der Waals surface area contributed by atoms with Gasteiger partial charge in [0, 0.05) is 5.88 Å². The Morgan fingerprint density at radius 2 is 1.95 bits per heavy atom. The van der Waals surface area contributed by atoms with Crippen molar-refractivity contribution in [3.8, 4) is 11.5 Å². The topological polar surface area (TPSA) is 18.5 Å². The first-order chi connectivity index (χ1) is 9.33. The number of benzene rings is 1. The number of rotatable bonds is 6. The Morgan fingerprint density at radius 3 is 2.63 bits per heavy atom. The minimum atomic E-state index is 0.503. The number of halogens is 1. The van der Waals surface area contributed by atoms with Crippen LogP contribution in [0.4, 0.5) is 0 Å². The first-order valence-electron chi connectivity index (χ1n) is 7.19. The van der Waals surface area contributed by atoms with E-state index >= 15 is 0 Å². The Hall–Kier alpha value is -0.890. The van der Waals surface area contributed by atoms with Crippen LogP contribution in [0.25, 0.3) is 0 Å². The average molecular weight is 283 g/mol. The Kier molecular flexibility index (Phi) is 5.84. The van der Waals surface area contributed by atoms with Gasteiger partial charge < -0.3 is 9.47 Å². The molecule has 1 aromatic carbocycles. The van der Waals surface area contributed by atoms with E-state index in [1.54, 1.807) is 7.11 Å². The van der Waals surface area contributed by atoms with Gasteiger partial charge in [-0.15, -0.1) is 11.6 Å². The van der Waals surface area contributed by atoms with Crippen LogP contribution in [-0.4, -0.2) is 13.7 Å². The molecule has 1 aromatic rings. The number of alkyl halides is 1. The fourth-order valence-electron chi connectivity index (χ4n) is 2.73. The van der Waals surface area contributed by atoms with Gasteiger partial charge in [0.1, 0.15) is 0 Å². The lowest BCUT2D eigenvalue weighted by molar-refractivity contribution is 0.238. The van der Waals surface area contributed by atoms with Gasteiger partial charge in [0.15, 0.2) is 11.5 Å². The Labute approximate surface area is 121 Å². The molecule has 0 radical (unpaired) electrons. The highest BCUT2D eigenvalue weighted by Gasteiger charge is 2.14. The van der Waals surface area contributed by atoms with Crippen molar-refractivity contribution in [3.63, 3.8) is 0 Å². The summed E-state index contributed by atoms with van der Waals surface area (Å²) < 4.78 is 11.2. The molecule has 2 rings (SSSR count). The molecule has 0 atom stereocenters. The summed E-state index contributed by atoms with van der Waals surface area (Å²) in [7, 11) is 1.67. The van der Waals surface area contributed by atoms with Crippen molar-refractivity contribution >= 4 is 11.6 Å². The number of ether oxygens (including phenoxy) is 2. The molecule has 0 amide bonds. The summed E-state index contributed by atoms with van der Waals surface area (Å²) in [6, 6.07) is 5.88. The van der Waals surface area contributed by atoms with Crippen LogP contribution in [0.5, 0.6) is 11.5 Å². The van der Waals surface area contributed by atoms with Crippen molar-refractivity contribution in [3.05, 3.63) is 23.8 Å². The van der Waals surface area contributed by atoms with E-state index in [2.05, 4.69) is 0 Å². The molecule has 0 spiro atoms. The van der Waals surface area contributed by atoms with Gasteiger partial charge in [-0.1, -0.05) is 38.2 Å². The largest absolute Gasteiger partial charge is 0.493 e. The van der Waals surface area contributed by atoms with Crippen LogP contribution >= 0.6 is 11.6 Å². The number of hydrogen-bond donors (Lipinski definition) is 0. The van der Waals surface area contributed by atoms with Gasteiger partial charge in [-0.3, -0.25) is 0 Å². The third-order valence-electron chi connectivity index (χ3n) is 3.89. The lowest BCUT2D eigenvalue weighted by atomic mass is 9.87. The van der Waals surface area contributed by atoms with E-state index < -0.39 is 0 Å².